The third kappa shape index (κ3) is 3.27. The summed E-state index contributed by atoms with van der Waals surface area (Å²) < 4.78 is 45.9. The van der Waals surface area contributed by atoms with Crippen LogP contribution in [0.3, 0.4) is 0 Å². The summed E-state index contributed by atoms with van der Waals surface area (Å²) in [5.74, 6) is 0.212. The van der Waals surface area contributed by atoms with E-state index in [-0.39, 0.29) is 22.9 Å². The van der Waals surface area contributed by atoms with Crippen LogP contribution in [0.5, 0.6) is 5.75 Å². The Morgan fingerprint density at radius 1 is 1.26 bits per heavy atom. The molecule has 1 radical (unpaired) electrons. The molecule has 2 aromatic rings. The highest BCUT2D eigenvalue weighted by molar-refractivity contribution is 5.66. The lowest BCUT2D eigenvalue weighted by atomic mass is 10.1. The monoisotopic (exact) mass is 270 g/mol. The van der Waals surface area contributed by atoms with Crippen molar-refractivity contribution in [3.8, 4) is 17.0 Å². The molecule has 1 aromatic carbocycles. The van der Waals surface area contributed by atoms with E-state index in [1.165, 1.54) is 18.2 Å². The smallest absolute Gasteiger partial charge is 0.405 e. The Kier molecular flexibility index (Phi) is 3.50. The number of halogens is 3. The number of hydrogen-bond acceptors (Lipinski definition) is 3. The van der Waals surface area contributed by atoms with Gasteiger partial charge in [-0.15, -0.1) is 13.2 Å². The van der Waals surface area contributed by atoms with Gasteiger partial charge in [0.05, 0.1) is 6.07 Å². The number of hydrogen-bond donors (Lipinski definition) is 0. The lowest BCUT2D eigenvalue weighted by Crippen LogP contribution is -2.17. The fraction of sp³-hybridized carbons (Fsp3) is 0.308. The second-order valence-corrected chi connectivity index (χ2v) is 4.22. The maximum absolute atomic E-state index is 12.3. The summed E-state index contributed by atoms with van der Waals surface area (Å²) in [5.41, 5.74) is 0.388. The molecule has 0 fully saturated rings. The Hall–Kier alpha value is -1.98. The molecule has 101 valence electrons. The lowest BCUT2D eigenvalue weighted by molar-refractivity contribution is -0.274. The largest absolute Gasteiger partial charge is 0.573 e. The fourth-order valence-electron chi connectivity index (χ4n) is 1.50. The first kappa shape index (κ1) is 13.5. The topological polar surface area (TPSA) is 35.3 Å². The number of alkyl halides is 3. The van der Waals surface area contributed by atoms with Crippen LogP contribution in [0.2, 0.25) is 0 Å². The van der Waals surface area contributed by atoms with Crippen LogP contribution in [0.15, 0.2) is 28.8 Å². The molecule has 0 N–H and O–H groups in total. The van der Waals surface area contributed by atoms with Crippen molar-refractivity contribution in [3.63, 3.8) is 0 Å². The second kappa shape index (κ2) is 4.95. The summed E-state index contributed by atoms with van der Waals surface area (Å²) in [6.07, 6.45) is -4.75. The highest BCUT2D eigenvalue weighted by Gasteiger charge is 2.32. The van der Waals surface area contributed by atoms with Crippen molar-refractivity contribution in [2.75, 3.05) is 0 Å². The maximum atomic E-state index is 12.3. The van der Waals surface area contributed by atoms with Crippen LogP contribution in [-0.4, -0.2) is 11.5 Å². The molecule has 0 spiro atoms. The Morgan fingerprint density at radius 3 is 2.53 bits per heavy atom. The zero-order chi connectivity index (χ0) is 14.0. The second-order valence-electron chi connectivity index (χ2n) is 4.22. The number of benzene rings is 1. The van der Waals surface area contributed by atoms with E-state index in [0.29, 0.717) is 5.76 Å². The average Bonchev–Trinajstić information content (AvgIpc) is 2.76. The van der Waals surface area contributed by atoms with Crippen molar-refractivity contribution in [2.45, 2.75) is 26.1 Å². The Labute approximate surface area is 108 Å². The molecule has 0 unspecified atom stereocenters. The predicted octanol–water partition coefficient (Wildman–Crippen LogP) is 4.16. The third-order valence-electron chi connectivity index (χ3n) is 2.37. The van der Waals surface area contributed by atoms with Crippen molar-refractivity contribution in [2.24, 2.45) is 0 Å². The van der Waals surface area contributed by atoms with Gasteiger partial charge in [-0.3, -0.25) is 0 Å². The minimum atomic E-state index is -4.75. The molecule has 2 rings (SSSR count). The molecule has 0 atom stereocenters. The van der Waals surface area contributed by atoms with E-state index in [1.54, 1.807) is 6.07 Å². The van der Waals surface area contributed by atoms with Crippen LogP contribution in [-0.2, 0) is 0 Å². The van der Waals surface area contributed by atoms with E-state index in [4.69, 9.17) is 4.52 Å². The Balaban J connectivity index is 2.38. The molecule has 6 heteroatoms. The van der Waals surface area contributed by atoms with Crippen molar-refractivity contribution >= 4 is 0 Å². The van der Waals surface area contributed by atoms with Crippen LogP contribution in [0.4, 0.5) is 13.2 Å². The number of ether oxygens (including phenoxy) is 1. The van der Waals surface area contributed by atoms with Crippen LogP contribution in [0.25, 0.3) is 11.3 Å². The molecule has 0 bridgehead atoms. The van der Waals surface area contributed by atoms with Gasteiger partial charge < -0.3 is 9.26 Å². The van der Waals surface area contributed by atoms with E-state index in [9.17, 15) is 13.2 Å². The number of aromatic nitrogens is 1. The van der Waals surface area contributed by atoms with Gasteiger partial charge in [-0.1, -0.05) is 31.1 Å². The number of rotatable bonds is 3. The van der Waals surface area contributed by atoms with E-state index in [1.807, 2.05) is 13.8 Å². The SMILES string of the molecule is CC(C)c1[c]c(-c2ccccc2OC(F)(F)F)no1. The molecule has 1 heterocycles. The fourth-order valence-corrected chi connectivity index (χ4v) is 1.50. The van der Waals surface area contributed by atoms with Crippen LogP contribution >= 0.6 is 0 Å². The van der Waals surface area contributed by atoms with E-state index in [2.05, 4.69) is 16.0 Å². The first-order valence-electron chi connectivity index (χ1n) is 5.61. The lowest BCUT2D eigenvalue weighted by Gasteiger charge is -2.11. The molecular formula is C13H11F3NO2. The van der Waals surface area contributed by atoms with E-state index in [0.717, 1.165) is 0 Å². The van der Waals surface area contributed by atoms with Crippen molar-refractivity contribution < 1.29 is 22.4 Å². The van der Waals surface area contributed by atoms with Gasteiger partial charge >= 0.3 is 6.36 Å². The van der Waals surface area contributed by atoms with Gasteiger partial charge in [0.15, 0.2) is 0 Å². The van der Waals surface area contributed by atoms with Gasteiger partial charge in [-0.2, -0.15) is 0 Å². The molecule has 0 aliphatic rings. The first-order valence-corrected chi connectivity index (χ1v) is 5.61. The van der Waals surface area contributed by atoms with Gasteiger partial charge in [-0.05, 0) is 12.1 Å². The van der Waals surface area contributed by atoms with Crippen molar-refractivity contribution in [1.29, 1.82) is 0 Å². The van der Waals surface area contributed by atoms with Crippen LogP contribution in [0.1, 0.15) is 25.5 Å². The van der Waals surface area contributed by atoms with Crippen LogP contribution in [0, 0.1) is 6.07 Å². The molecular weight excluding hydrogens is 259 g/mol. The maximum Gasteiger partial charge on any atom is 0.573 e. The number of nitrogens with zero attached hydrogens (tertiary/aromatic N) is 1. The quantitative estimate of drug-likeness (QED) is 0.839. The molecule has 0 saturated heterocycles. The minimum absolute atomic E-state index is 0.0527. The van der Waals surface area contributed by atoms with E-state index < -0.39 is 6.36 Å². The molecule has 0 aliphatic heterocycles. The molecule has 0 saturated carbocycles. The highest BCUT2D eigenvalue weighted by Crippen LogP contribution is 2.33. The average molecular weight is 270 g/mol. The van der Waals surface area contributed by atoms with Gasteiger partial charge in [0.25, 0.3) is 0 Å². The summed E-state index contributed by atoms with van der Waals surface area (Å²) >= 11 is 0. The molecule has 0 amide bonds. The zero-order valence-electron chi connectivity index (χ0n) is 10.3. The minimum Gasteiger partial charge on any atom is -0.405 e. The Bertz CT molecular complexity index is 561. The molecule has 0 aliphatic carbocycles. The summed E-state index contributed by atoms with van der Waals surface area (Å²) in [4.78, 5) is 0. The normalized spacial score (nSPS) is 11.9. The first-order chi connectivity index (χ1) is 8.87. The zero-order valence-corrected chi connectivity index (χ0v) is 10.3. The molecule has 1 aromatic heterocycles. The summed E-state index contributed by atoms with van der Waals surface area (Å²) in [6, 6.07) is 8.57. The summed E-state index contributed by atoms with van der Waals surface area (Å²) in [5, 5.41) is 3.72. The van der Waals surface area contributed by atoms with Gasteiger partial charge in [0.2, 0.25) is 0 Å². The van der Waals surface area contributed by atoms with E-state index >= 15 is 0 Å². The van der Waals surface area contributed by atoms with Gasteiger partial charge in [0, 0.05) is 11.5 Å². The van der Waals surface area contributed by atoms with Crippen LogP contribution < -0.4 is 4.74 Å². The summed E-state index contributed by atoms with van der Waals surface area (Å²) in [7, 11) is 0. The summed E-state index contributed by atoms with van der Waals surface area (Å²) in [6.45, 7) is 3.75. The van der Waals surface area contributed by atoms with Gasteiger partial charge in [-0.25, -0.2) is 0 Å². The third-order valence-corrected chi connectivity index (χ3v) is 2.37. The van der Waals surface area contributed by atoms with Crippen molar-refractivity contribution in [3.05, 3.63) is 36.1 Å². The van der Waals surface area contributed by atoms with Gasteiger partial charge in [0.1, 0.15) is 17.2 Å². The highest BCUT2D eigenvalue weighted by atomic mass is 19.4. The predicted molar refractivity (Wildman–Crippen MR) is 61.5 cm³/mol. The number of para-hydroxylation sites is 1. The Morgan fingerprint density at radius 2 is 1.95 bits per heavy atom. The molecule has 19 heavy (non-hydrogen) atoms. The standard InChI is InChI=1S/C13H11F3NO2/c1-8(2)12-7-10(17-19-12)9-5-3-4-6-11(9)18-13(14,15)16/h3-6,8H,1-2H3. The molecule has 3 nitrogen and oxygen atoms in total. The van der Waals surface area contributed by atoms with Crippen molar-refractivity contribution in [1.82, 2.24) is 5.16 Å².